The van der Waals surface area contributed by atoms with Crippen LogP contribution in [0.2, 0.25) is 0 Å². The van der Waals surface area contributed by atoms with Gasteiger partial charge in [-0.15, -0.1) is 0 Å². The average molecular weight is 354 g/mol. The van der Waals surface area contributed by atoms with Crippen LogP contribution in [0.1, 0.15) is 35.4 Å². The third-order valence-electron chi connectivity index (χ3n) is 4.99. The molecule has 0 bridgehead atoms. The second-order valence-electron chi connectivity index (χ2n) is 6.89. The minimum Gasteiger partial charge on any atom is -0.371 e. The zero-order valence-electron chi connectivity index (χ0n) is 14.6. The van der Waals surface area contributed by atoms with E-state index in [2.05, 4.69) is 15.0 Å². The first-order chi connectivity index (χ1) is 12.7. The van der Waals surface area contributed by atoms with Crippen molar-refractivity contribution in [2.75, 3.05) is 19.7 Å². The number of hydrogen-bond acceptors (Lipinski definition) is 6. The highest BCUT2D eigenvalue weighted by Crippen LogP contribution is 2.36. The van der Waals surface area contributed by atoms with Crippen LogP contribution >= 0.6 is 0 Å². The molecule has 136 valence electrons. The summed E-state index contributed by atoms with van der Waals surface area (Å²) in [6.45, 7) is 2.39. The van der Waals surface area contributed by atoms with E-state index in [-0.39, 0.29) is 23.4 Å². The first-order valence-electron chi connectivity index (χ1n) is 8.95. The molecule has 0 aliphatic carbocycles. The number of piperidine rings is 1. The molecule has 4 rings (SSSR count). The maximum Gasteiger partial charge on any atom is 0.291 e. The van der Waals surface area contributed by atoms with E-state index >= 15 is 0 Å². The van der Waals surface area contributed by atoms with Crippen molar-refractivity contribution in [3.63, 3.8) is 0 Å². The molecular weight excluding hydrogens is 332 g/mol. The number of nitrogens with zero attached hydrogens (tertiary/aromatic N) is 4. The Morgan fingerprint density at radius 3 is 2.88 bits per heavy atom. The Bertz CT molecular complexity index is 743. The van der Waals surface area contributed by atoms with Gasteiger partial charge in [0.15, 0.2) is 0 Å². The van der Waals surface area contributed by atoms with Crippen molar-refractivity contribution in [1.29, 1.82) is 0 Å². The topological polar surface area (TPSA) is 77.4 Å². The van der Waals surface area contributed by atoms with Crippen LogP contribution in [-0.2, 0) is 16.1 Å². The first kappa shape index (κ1) is 17.1. The number of likely N-dealkylation sites (tertiary alicyclic amines) is 1. The molecule has 26 heavy (non-hydrogen) atoms. The Morgan fingerprint density at radius 2 is 2.08 bits per heavy atom. The summed E-state index contributed by atoms with van der Waals surface area (Å²) < 4.78 is 12.1. The molecule has 0 radical (unpaired) electrons. The Kier molecular flexibility index (Phi) is 4.90. The van der Waals surface area contributed by atoms with Crippen LogP contribution in [0.15, 0.2) is 43.0 Å². The van der Waals surface area contributed by atoms with E-state index in [4.69, 9.17) is 9.47 Å². The lowest BCUT2D eigenvalue weighted by atomic mass is 9.89. The number of amides is 1. The fraction of sp³-hybridized carbons (Fsp3) is 0.474. The van der Waals surface area contributed by atoms with Gasteiger partial charge in [0, 0.05) is 37.8 Å². The van der Waals surface area contributed by atoms with Crippen LogP contribution in [0.5, 0.6) is 0 Å². The summed E-state index contributed by atoms with van der Waals surface area (Å²) in [7, 11) is 0. The quantitative estimate of drug-likeness (QED) is 0.834. The van der Waals surface area contributed by atoms with Crippen molar-refractivity contribution in [2.24, 2.45) is 0 Å². The molecule has 2 aliphatic rings. The Labute approximate surface area is 152 Å². The normalized spacial score (nSPS) is 25.5. The standard InChI is InChI=1S/C19H22N4O3/c24-18(17-21-6-2-7-22-17)23-10-1-5-19(14-23)11-16(13-26-19)25-12-15-3-8-20-9-4-15/h2-4,6-9,16H,1,5,10-14H2/t16-,19+/m1/s1. The van der Waals surface area contributed by atoms with Crippen molar-refractivity contribution in [3.05, 3.63) is 54.4 Å². The summed E-state index contributed by atoms with van der Waals surface area (Å²) in [5.41, 5.74) is 0.786. The predicted molar refractivity (Wildman–Crippen MR) is 93.3 cm³/mol. The van der Waals surface area contributed by atoms with Crippen molar-refractivity contribution in [3.8, 4) is 0 Å². The number of hydrogen-bond donors (Lipinski definition) is 0. The zero-order valence-corrected chi connectivity index (χ0v) is 14.6. The maximum absolute atomic E-state index is 12.6. The van der Waals surface area contributed by atoms with Gasteiger partial charge in [0.1, 0.15) is 0 Å². The fourth-order valence-corrected chi connectivity index (χ4v) is 3.71. The number of ether oxygens (including phenoxy) is 2. The molecule has 0 aromatic carbocycles. The molecular formula is C19H22N4O3. The molecule has 4 heterocycles. The molecule has 1 spiro atoms. The number of pyridine rings is 1. The van der Waals surface area contributed by atoms with Gasteiger partial charge in [0.25, 0.3) is 5.91 Å². The SMILES string of the molecule is O=C(c1ncccn1)N1CCC[C@]2(C[C@@H](OCc3ccncc3)CO2)C1. The largest absolute Gasteiger partial charge is 0.371 e. The second kappa shape index (κ2) is 7.47. The first-order valence-corrected chi connectivity index (χ1v) is 8.95. The van der Waals surface area contributed by atoms with E-state index < -0.39 is 0 Å². The van der Waals surface area contributed by atoms with Crippen LogP contribution in [0.4, 0.5) is 0 Å². The maximum atomic E-state index is 12.6. The molecule has 2 saturated heterocycles. The van der Waals surface area contributed by atoms with Crippen LogP contribution in [0.3, 0.4) is 0 Å². The molecule has 2 atom stereocenters. The molecule has 0 saturated carbocycles. The summed E-state index contributed by atoms with van der Waals surface area (Å²) in [4.78, 5) is 26.6. The zero-order chi connectivity index (χ0) is 17.8. The van der Waals surface area contributed by atoms with Crippen molar-refractivity contribution < 1.29 is 14.3 Å². The van der Waals surface area contributed by atoms with Crippen LogP contribution in [0, 0.1) is 0 Å². The number of carbonyl (C=O) groups excluding carboxylic acids is 1. The minimum absolute atomic E-state index is 0.0474. The highest BCUT2D eigenvalue weighted by Gasteiger charge is 2.45. The van der Waals surface area contributed by atoms with Crippen molar-refractivity contribution in [2.45, 2.75) is 37.6 Å². The lowest BCUT2D eigenvalue weighted by molar-refractivity contribution is -0.0468. The smallest absolute Gasteiger partial charge is 0.291 e. The molecule has 7 heteroatoms. The Hall–Kier alpha value is -2.38. The van der Waals surface area contributed by atoms with Gasteiger partial charge in [-0.3, -0.25) is 9.78 Å². The summed E-state index contributed by atoms with van der Waals surface area (Å²) >= 11 is 0. The third-order valence-corrected chi connectivity index (χ3v) is 4.99. The lowest BCUT2D eigenvalue weighted by Crippen LogP contribution is -2.50. The summed E-state index contributed by atoms with van der Waals surface area (Å²) in [6, 6.07) is 5.61. The van der Waals surface area contributed by atoms with Gasteiger partial charge < -0.3 is 14.4 Å². The molecule has 1 amide bonds. The van der Waals surface area contributed by atoms with E-state index in [9.17, 15) is 4.79 Å². The molecule has 2 aromatic heterocycles. The second-order valence-corrected chi connectivity index (χ2v) is 6.89. The highest BCUT2D eigenvalue weighted by atomic mass is 16.6. The summed E-state index contributed by atoms with van der Waals surface area (Å²) in [5.74, 6) is 0.113. The minimum atomic E-state index is -0.314. The van der Waals surface area contributed by atoms with Gasteiger partial charge in [-0.25, -0.2) is 9.97 Å². The van der Waals surface area contributed by atoms with Gasteiger partial charge in [-0.05, 0) is 36.6 Å². The highest BCUT2D eigenvalue weighted by molar-refractivity contribution is 5.90. The average Bonchev–Trinajstić information content (AvgIpc) is 3.09. The lowest BCUT2D eigenvalue weighted by Gasteiger charge is -2.39. The van der Waals surface area contributed by atoms with Crippen LogP contribution in [-0.4, -0.2) is 57.2 Å². The van der Waals surface area contributed by atoms with Crippen molar-refractivity contribution >= 4 is 5.91 Å². The van der Waals surface area contributed by atoms with E-state index in [1.807, 2.05) is 17.0 Å². The molecule has 0 unspecified atom stereocenters. The molecule has 2 aromatic rings. The van der Waals surface area contributed by atoms with Crippen LogP contribution in [0.25, 0.3) is 0 Å². The Morgan fingerprint density at radius 1 is 1.27 bits per heavy atom. The number of rotatable bonds is 4. The summed E-state index contributed by atoms with van der Waals surface area (Å²) in [5, 5.41) is 0. The number of aromatic nitrogens is 3. The molecule has 7 nitrogen and oxygen atoms in total. The van der Waals surface area contributed by atoms with Gasteiger partial charge in [0.05, 0.1) is 31.5 Å². The van der Waals surface area contributed by atoms with Gasteiger partial charge in [0.2, 0.25) is 5.82 Å². The third kappa shape index (κ3) is 3.73. The molecule has 0 N–H and O–H groups in total. The predicted octanol–water partition coefficient (Wildman–Crippen LogP) is 1.85. The van der Waals surface area contributed by atoms with Crippen molar-refractivity contribution in [1.82, 2.24) is 19.9 Å². The van der Waals surface area contributed by atoms with E-state index in [1.54, 1.807) is 30.9 Å². The van der Waals surface area contributed by atoms with Crippen LogP contribution < -0.4 is 0 Å². The molecule has 2 aliphatic heterocycles. The van der Waals surface area contributed by atoms with E-state index in [1.165, 1.54) is 0 Å². The monoisotopic (exact) mass is 354 g/mol. The van der Waals surface area contributed by atoms with Gasteiger partial charge in [-0.2, -0.15) is 0 Å². The molecule has 2 fully saturated rings. The van der Waals surface area contributed by atoms with Gasteiger partial charge >= 0.3 is 0 Å². The van der Waals surface area contributed by atoms with Gasteiger partial charge in [-0.1, -0.05) is 0 Å². The van der Waals surface area contributed by atoms with E-state index in [0.717, 1.165) is 24.8 Å². The Balaban J connectivity index is 1.36. The summed E-state index contributed by atoms with van der Waals surface area (Å²) in [6.07, 6.45) is 9.42. The fourth-order valence-electron chi connectivity index (χ4n) is 3.71. The number of carbonyl (C=O) groups is 1. The van der Waals surface area contributed by atoms with E-state index in [0.29, 0.717) is 26.3 Å².